The summed E-state index contributed by atoms with van der Waals surface area (Å²) >= 11 is 5.07. The summed E-state index contributed by atoms with van der Waals surface area (Å²) in [6.45, 7) is 5.55. The molecule has 0 bridgehead atoms. The highest BCUT2D eigenvalue weighted by Gasteiger charge is 2.11. The van der Waals surface area contributed by atoms with Gasteiger partial charge in [0, 0.05) is 28.1 Å². The first-order valence-corrected chi connectivity index (χ1v) is 8.25. The van der Waals surface area contributed by atoms with Crippen LogP contribution in [0.15, 0.2) is 58.9 Å². The molecule has 1 heterocycles. The van der Waals surface area contributed by atoms with Gasteiger partial charge in [-0.3, -0.25) is 9.69 Å². The van der Waals surface area contributed by atoms with Crippen molar-refractivity contribution in [3.05, 3.63) is 63.8 Å². The number of hydrogen-bond donors (Lipinski definition) is 1. The molecule has 0 spiro atoms. The maximum atomic E-state index is 12.1. The van der Waals surface area contributed by atoms with E-state index in [9.17, 15) is 4.79 Å². The SMILES string of the molecule is C=CCN(CC(=O)Nc1ccc(Br)cc1)Cc1cccs1. The molecular formula is C16H17BrN2OS. The molecule has 1 N–H and O–H groups in total. The van der Waals surface area contributed by atoms with Gasteiger partial charge in [-0.25, -0.2) is 0 Å². The van der Waals surface area contributed by atoms with Gasteiger partial charge in [-0.2, -0.15) is 0 Å². The summed E-state index contributed by atoms with van der Waals surface area (Å²) in [6.07, 6.45) is 1.82. The lowest BCUT2D eigenvalue weighted by Crippen LogP contribution is -2.32. The van der Waals surface area contributed by atoms with Gasteiger partial charge in [-0.05, 0) is 35.7 Å². The van der Waals surface area contributed by atoms with Crippen LogP contribution in [-0.4, -0.2) is 23.9 Å². The molecule has 21 heavy (non-hydrogen) atoms. The first-order chi connectivity index (χ1) is 10.2. The molecule has 0 fully saturated rings. The van der Waals surface area contributed by atoms with Gasteiger partial charge in [-0.1, -0.05) is 28.1 Å². The molecule has 1 amide bonds. The molecule has 2 aromatic rings. The number of rotatable bonds is 7. The van der Waals surface area contributed by atoms with Crippen molar-refractivity contribution < 1.29 is 4.79 Å². The molecule has 0 aliphatic heterocycles. The summed E-state index contributed by atoms with van der Waals surface area (Å²) in [7, 11) is 0. The lowest BCUT2D eigenvalue weighted by atomic mass is 10.3. The van der Waals surface area contributed by atoms with Crippen LogP contribution in [0.1, 0.15) is 4.88 Å². The van der Waals surface area contributed by atoms with Crippen LogP contribution < -0.4 is 5.32 Å². The fourth-order valence-corrected chi connectivity index (χ4v) is 2.94. The number of anilines is 1. The van der Waals surface area contributed by atoms with E-state index in [1.165, 1.54) is 4.88 Å². The third-order valence-corrected chi connectivity index (χ3v) is 4.23. The Hall–Kier alpha value is -1.43. The topological polar surface area (TPSA) is 32.3 Å². The van der Waals surface area contributed by atoms with E-state index >= 15 is 0 Å². The smallest absolute Gasteiger partial charge is 0.238 e. The van der Waals surface area contributed by atoms with E-state index in [0.717, 1.165) is 16.7 Å². The standard InChI is InChI=1S/C16H17BrN2OS/c1-2-9-19(11-15-4-3-10-21-15)12-16(20)18-14-7-5-13(17)6-8-14/h2-8,10H,1,9,11-12H2,(H,18,20). The van der Waals surface area contributed by atoms with E-state index < -0.39 is 0 Å². The largest absolute Gasteiger partial charge is 0.325 e. The van der Waals surface area contributed by atoms with Crippen LogP contribution >= 0.6 is 27.3 Å². The third kappa shape index (κ3) is 5.46. The first kappa shape index (κ1) is 15.9. The number of halogens is 1. The zero-order valence-corrected chi connectivity index (χ0v) is 14.0. The number of benzene rings is 1. The molecule has 0 saturated carbocycles. The van der Waals surface area contributed by atoms with E-state index in [-0.39, 0.29) is 5.91 Å². The zero-order valence-electron chi connectivity index (χ0n) is 11.6. The summed E-state index contributed by atoms with van der Waals surface area (Å²) in [5.74, 6) is -0.0178. The van der Waals surface area contributed by atoms with E-state index in [1.54, 1.807) is 11.3 Å². The molecule has 0 aliphatic rings. The van der Waals surface area contributed by atoms with Crippen LogP contribution in [0.25, 0.3) is 0 Å². The molecular weight excluding hydrogens is 348 g/mol. The van der Waals surface area contributed by atoms with Gasteiger partial charge in [0.2, 0.25) is 5.91 Å². The molecule has 0 radical (unpaired) electrons. The second-order valence-corrected chi connectivity index (χ2v) is 6.54. The van der Waals surface area contributed by atoms with Crippen molar-refractivity contribution in [3.8, 4) is 0 Å². The Bertz CT molecular complexity index is 581. The minimum absolute atomic E-state index is 0.0178. The van der Waals surface area contributed by atoms with Crippen molar-refractivity contribution in [2.45, 2.75) is 6.54 Å². The van der Waals surface area contributed by atoms with Gasteiger partial charge in [0.25, 0.3) is 0 Å². The quantitative estimate of drug-likeness (QED) is 0.748. The van der Waals surface area contributed by atoms with Crippen molar-refractivity contribution in [2.24, 2.45) is 0 Å². The Morgan fingerprint density at radius 3 is 2.71 bits per heavy atom. The van der Waals surface area contributed by atoms with E-state index in [1.807, 2.05) is 41.8 Å². The minimum Gasteiger partial charge on any atom is -0.325 e. The average Bonchev–Trinajstić information content (AvgIpc) is 2.94. The molecule has 0 atom stereocenters. The maximum Gasteiger partial charge on any atom is 0.238 e. The van der Waals surface area contributed by atoms with Gasteiger partial charge in [0.15, 0.2) is 0 Å². The maximum absolute atomic E-state index is 12.1. The Labute approximate surface area is 137 Å². The monoisotopic (exact) mass is 364 g/mol. The molecule has 0 aliphatic carbocycles. The van der Waals surface area contributed by atoms with Crippen molar-refractivity contribution in [1.82, 2.24) is 4.90 Å². The lowest BCUT2D eigenvalue weighted by molar-refractivity contribution is -0.117. The molecule has 0 saturated heterocycles. The Morgan fingerprint density at radius 2 is 2.10 bits per heavy atom. The molecule has 3 nitrogen and oxygen atoms in total. The Kier molecular flexibility index (Phi) is 6.17. The van der Waals surface area contributed by atoms with Crippen LogP contribution in [0, 0.1) is 0 Å². The van der Waals surface area contributed by atoms with Crippen molar-refractivity contribution in [2.75, 3.05) is 18.4 Å². The minimum atomic E-state index is -0.0178. The molecule has 2 rings (SSSR count). The predicted molar refractivity (Wildman–Crippen MR) is 92.6 cm³/mol. The normalized spacial score (nSPS) is 10.6. The summed E-state index contributed by atoms with van der Waals surface area (Å²) in [6, 6.07) is 11.7. The fourth-order valence-electron chi connectivity index (χ4n) is 1.93. The highest BCUT2D eigenvalue weighted by molar-refractivity contribution is 9.10. The van der Waals surface area contributed by atoms with Crippen LogP contribution in [0.3, 0.4) is 0 Å². The van der Waals surface area contributed by atoms with Crippen LogP contribution in [0.5, 0.6) is 0 Å². The summed E-state index contributed by atoms with van der Waals surface area (Å²) in [5, 5.41) is 4.95. The van der Waals surface area contributed by atoms with Gasteiger partial charge in [0.05, 0.1) is 6.54 Å². The number of nitrogens with zero attached hydrogens (tertiary/aromatic N) is 1. The first-order valence-electron chi connectivity index (χ1n) is 6.58. The fraction of sp³-hybridized carbons (Fsp3) is 0.188. The van der Waals surface area contributed by atoms with Crippen LogP contribution in [0.4, 0.5) is 5.69 Å². The number of carbonyl (C=O) groups is 1. The molecule has 5 heteroatoms. The molecule has 1 aromatic carbocycles. The van der Waals surface area contributed by atoms with Crippen LogP contribution in [-0.2, 0) is 11.3 Å². The number of nitrogens with one attached hydrogen (secondary N) is 1. The molecule has 0 unspecified atom stereocenters. The lowest BCUT2D eigenvalue weighted by Gasteiger charge is -2.19. The Balaban J connectivity index is 1.91. The van der Waals surface area contributed by atoms with E-state index in [4.69, 9.17) is 0 Å². The van der Waals surface area contributed by atoms with Gasteiger partial charge < -0.3 is 5.32 Å². The van der Waals surface area contributed by atoms with Crippen molar-refractivity contribution >= 4 is 38.9 Å². The number of amides is 1. The van der Waals surface area contributed by atoms with Crippen LogP contribution in [0.2, 0.25) is 0 Å². The van der Waals surface area contributed by atoms with Crippen molar-refractivity contribution in [1.29, 1.82) is 0 Å². The summed E-state index contributed by atoms with van der Waals surface area (Å²) < 4.78 is 0.992. The molecule has 110 valence electrons. The van der Waals surface area contributed by atoms with Gasteiger partial charge in [0.1, 0.15) is 0 Å². The Morgan fingerprint density at radius 1 is 1.33 bits per heavy atom. The third-order valence-electron chi connectivity index (χ3n) is 2.84. The highest BCUT2D eigenvalue weighted by Crippen LogP contribution is 2.15. The van der Waals surface area contributed by atoms with E-state index in [2.05, 4.69) is 38.8 Å². The number of thiophene rings is 1. The number of hydrogen-bond acceptors (Lipinski definition) is 3. The predicted octanol–water partition coefficient (Wildman–Crippen LogP) is 4.14. The second-order valence-electron chi connectivity index (χ2n) is 4.59. The summed E-state index contributed by atoms with van der Waals surface area (Å²) in [4.78, 5) is 15.4. The van der Waals surface area contributed by atoms with E-state index in [0.29, 0.717) is 13.1 Å². The molecule has 1 aromatic heterocycles. The average molecular weight is 365 g/mol. The second kappa shape index (κ2) is 8.12. The van der Waals surface area contributed by atoms with Crippen molar-refractivity contribution in [3.63, 3.8) is 0 Å². The number of carbonyl (C=O) groups excluding carboxylic acids is 1. The van der Waals surface area contributed by atoms with Gasteiger partial charge in [-0.15, -0.1) is 17.9 Å². The highest BCUT2D eigenvalue weighted by atomic mass is 79.9. The summed E-state index contributed by atoms with van der Waals surface area (Å²) in [5.41, 5.74) is 0.804. The van der Waals surface area contributed by atoms with Gasteiger partial charge >= 0.3 is 0 Å². The zero-order chi connectivity index (χ0) is 15.1.